The minimum atomic E-state index is -1.46. The van der Waals surface area contributed by atoms with E-state index in [1.807, 2.05) is 0 Å². The Kier molecular flexibility index (Phi) is 6.73. The van der Waals surface area contributed by atoms with Crippen molar-refractivity contribution >= 4 is 39.8 Å². The summed E-state index contributed by atoms with van der Waals surface area (Å²) in [5, 5.41) is 13.2. The van der Waals surface area contributed by atoms with E-state index in [4.69, 9.17) is 4.42 Å². The number of fused-ring (bicyclic) bond motifs is 1. The maximum absolute atomic E-state index is 14.7. The van der Waals surface area contributed by atoms with Crippen LogP contribution in [0.2, 0.25) is 0 Å². The van der Waals surface area contributed by atoms with E-state index in [1.165, 1.54) is 24.3 Å². The van der Waals surface area contributed by atoms with Gasteiger partial charge in [0, 0.05) is 28.8 Å². The molecule has 4 aromatic carbocycles. The average molecular weight is 596 g/mol. The van der Waals surface area contributed by atoms with Gasteiger partial charge in [-0.15, -0.1) is 0 Å². The summed E-state index contributed by atoms with van der Waals surface area (Å²) in [6.07, 6.45) is 0. The van der Waals surface area contributed by atoms with E-state index in [9.17, 15) is 36.6 Å². The number of carboxylic acid groups (broad SMARTS) is 1. The number of aromatic nitrogens is 1. The maximum atomic E-state index is 14.7. The number of carbonyl (C=O) groups is 2. The Labute approximate surface area is 236 Å². The topological polar surface area (TPSA) is 96.0 Å². The molecule has 6 rings (SSSR count). The molecule has 0 bridgehead atoms. The monoisotopic (exact) mass is 595 g/mol. The lowest BCUT2D eigenvalue weighted by molar-refractivity contribution is 0.0695. The van der Waals surface area contributed by atoms with Gasteiger partial charge >= 0.3 is 5.97 Å². The maximum Gasteiger partial charge on any atom is 0.335 e. The van der Waals surface area contributed by atoms with E-state index in [0.717, 1.165) is 28.9 Å². The third-order valence-corrected chi connectivity index (χ3v) is 7.53. The molecule has 1 N–H and O–H groups in total. The predicted octanol–water partition coefficient (Wildman–Crippen LogP) is 7.14. The van der Waals surface area contributed by atoms with Crippen molar-refractivity contribution in [1.82, 2.24) is 9.99 Å². The Hall–Kier alpha value is -5.04. The summed E-state index contributed by atoms with van der Waals surface area (Å²) in [5.74, 6) is -8.82. The SMILES string of the molecule is O=C(O)c1cccc(-c2nc3c(C4SC(c5ccc(F)c(F)c5)=NN4C(=O)c4c(F)cc(F)cc4F)cccc3o2)c1. The molecule has 0 saturated heterocycles. The third kappa shape index (κ3) is 4.77. The average Bonchev–Trinajstić information content (AvgIpc) is 3.59. The molecule has 1 amide bonds. The summed E-state index contributed by atoms with van der Waals surface area (Å²) in [4.78, 5) is 29.4. The van der Waals surface area contributed by atoms with Crippen molar-refractivity contribution in [3.63, 3.8) is 0 Å². The Bertz CT molecular complexity index is 1940. The van der Waals surface area contributed by atoms with E-state index in [1.54, 1.807) is 24.3 Å². The zero-order valence-corrected chi connectivity index (χ0v) is 21.6. The molecule has 42 heavy (non-hydrogen) atoms. The van der Waals surface area contributed by atoms with Crippen molar-refractivity contribution in [2.75, 3.05) is 0 Å². The van der Waals surface area contributed by atoms with Crippen molar-refractivity contribution in [3.8, 4) is 11.5 Å². The number of thioether (sulfide) groups is 1. The normalized spacial score (nSPS) is 14.8. The number of carbonyl (C=O) groups excluding carboxylic acids is 1. The summed E-state index contributed by atoms with van der Waals surface area (Å²) in [6, 6.07) is 14.2. The quantitative estimate of drug-likeness (QED) is 0.217. The van der Waals surface area contributed by atoms with Crippen molar-refractivity contribution < 1.29 is 41.1 Å². The van der Waals surface area contributed by atoms with Crippen LogP contribution in [0.3, 0.4) is 0 Å². The summed E-state index contributed by atoms with van der Waals surface area (Å²) >= 11 is 0.891. The highest BCUT2D eigenvalue weighted by Gasteiger charge is 2.38. The molecule has 1 unspecified atom stereocenters. The van der Waals surface area contributed by atoms with Crippen LogP contribution < -0.4 is 0 Å². The molecule has 0 fully saturated rings. The number of nitrogens with zero attached hydrogens (tertiary/aromatic N) is 3. The molecule has 0 aliphatic carbocycles. The number of para-hydroxylation sites is 1. The summed E-state index contributed by atoms with van der Waals surface area (Å²) in [7, 11) is 0. The van der Waals surface area contributed by atoms with Crippen molar-refractivity contribution in [2.24, 2.45) is 5.10 Å². The fraction of sp³-hybridized carbons (Fsp3) is 0.0345. The van der Waals surface area contributed by atoms with Gasteiger partial charge in [0.2, 0.25) is 5.89 Å². The minimum absolute atomic E-state index is 0.00831. The number of carboxylic acids is 1. The van der Waals surface area contributed by atoms with E-state index >= 15 is 0 Å². The van der Waals surface area contributed by atoms with E-state index < -0.39 is 51.9 Å². The fourth-order valence-corrected chi connectivity index (χ4v) is 5.54. The first-order valence-corrected chi connectivity index (χ1v) is 12.9. The number of aromatic carboxylic acids is 1. The first kappa shape index (κ1) is 27.1. The molecular formula is C29H14F5N3O4S. The molecule has 1 aromatic heterocycles. The molecule has 0 radical (unpaired) electrons. The van der Waals surface area contributed by atoms with Gasteiger partial charge in [0.1, 0.15) is 38.9 Å². The van der Waals surface area contributed by atoms with Crippen LogP contribution in [0.1, 0.15) is 37.2 Å². The second kappa shape index (κ2) is 10.4. The Morgan fingerprint density at radius 1 is 0.833 bits per heavy atom. The molecule has 1 aliphatic rings. The Morgan fingerprint density at radius 2 is 1.57 bits per heavy atom. The van der Waals surface area contributed by atoms with E-state index in [0.29, 0.717) is 23.3 Å². The molecular weight excluding hydrogens is 581 g/mol. The van der Waals surface area contributed by atoms with Gasteiger partial charge in [-0.25, -0.2) is 36.7 Å². The first-order valence-electron chi connectivity index (χ1n) is 12.0. The van der Waals surface area contributed by atoms with Crippen LogP contribution in [0.5, 0.6) is 0 Å². The lowest BCUT2D eigenvalue weighted by Crippen LogP contribution is -2.28. The zero-order chi connectivity index (χ0) is 29.7. The molecule has 7 nitrogen and oxygen atoms in total. The van der Waals surface area contributed by atoms with E-state index in [-0.39, 0.29) is 33.2 Å². The number of amides is 1. The largest absolute Gasteiger partial charge is 0.478 e. The minimum Gasteiger partial charge on any atom is -0.478 e. The molecule has 2 heterocycles. The van der Waals surface area contributed by atoms with Gasteiger partial charge in [-0.2, -0.15) is 5.10 Å². The van der Waals surface area contributed by atoms with Gasteiger partial charge in [0.15, 0.2) is 17.2 Å². The highest BCUT2D eigenvalue weighted by atomic mass is 32.2. The first-order chi connectivity index (χ1) is 20.1. The number of oxazole rings is 1. The van der Waals surface area contributed by atoms with Gasteiger partial charge in [0.05, 0.1) is 5.56 Å². The molecule has 0 saturated carbocycles. The summed E-state index contributed by atoms with van der Waals surface area (Å²) in [5.41, 5.74) is 0.0827. The predicted molar refractivity (Wildman–Crippen MR) is 142 cm³/mol. The third-order valence-electron chi connectivity index (χ3n) is 6.31. The van der Waals surface area contributed by atoms with Gasteiger partial charge in [-0.1, -0.05) is 30.0 Å². The molecule has 1 aliphatic heterocycles. The number of hydrogen-bond donors (Lipinski definition) is 1. The van der Waals surface area contributed by atoms with Crippen molar-refractivity contribution in [1.29, 1.82) is 0 Å². The van der Waals surface area contributed by atoms with Gasteiger partial charge in [-0.05, 0) is 42.5 Å². The van der Waals surface area contributed by atoms with Crippen LogP contribution >= 0.6 is 11.8 Å². The van der Waals surface area contributed by atoms with Crippen LogP contribution in [-0.2, 0) is 0 Å². The lowest BCUT2D eigenvalue weighted by atomic mass is 10.1. The van der Waals surface area contributed by atoms with Crippen LogP contribution in [0, 0.1) is 29.1 Å². The van der Waals surface area contributed by atoms with Crippen molar-refractivity contribution in [3.05, 3.63) is 124 Å². The fourth-order valence-electron chi connectivity index (χ4n) is 4.37. The zero-order valence-electron chi connectivity index (χ0n) is 20.8. The standard InChI is InChI=1S/C29H14F5N3O4S/c30-16-11-20(33)23(21(34)12-16)27(38)37-28(42-26(36-37)14-7-8-18(31)19(32)10-14)17-5-2-6-22-24(17)35-25(41-22)13-3-1-4-15(9-13)29(39)40/h1-12,28H,(H,39,40). The summed E-state index contributed by atoms with van der Waals surface area (Å²) < 4.78 is 76.4. The number of hydrazone groups is 1. The molecule has 210 valence electrons. The van der Waals surface area contributed by atoms with Crippen LogP contribution in [-0.4, -0.2) is 32.0 Å². The Balaban J connectivity index is 1.48. The molecule has 0 spiro atoms. The number of benzene rings is 4. The van der Waals surface area contributed by atoms with Crippen LogP contribution in [0.15, 0.2) is 82.3 Å². The highest BCUT2D eigenvalue weighted by molar-refractivity contribution is 8.14. The molecule has 1 atom stereocenters. The number of hydrogen-bond acceptors (Lipinski definition) is 6. The molecule has 5 aromatic rings. The second-order valence-electron chi connectivity index (χ2n) is 9.00. The number of rotatable bonds is 5. The lowest BCUT2D eigenvalue weighted by Gasteiger charge is -2.21. The van der Waals surface area contributed by atoms with Crippen LogP contribution in [0.25, 0.3) is 22.6 Å². The van der Waals surface area contributed by atoms with Crippen molar-refractivity contribution in [2.45, 2.75) is 5.37 Å². The highest BCUT2D eigenvalue weighted by Crippen LogP contribution is 2.45. The van der Waals surface area contributed by atoms with Gasteiger partial charge < -0.3 is 9.52 Å². The molecule has 13 heteroatoms. The van der Waals surface area contributed by atoms with E-state index in [2.05, 4.69) is 10.1 Å². The smallest absolute Gasteiger partial charge is 0.335 e. The van der Waals surface area contributed by atoms with Gasteiger partial charge in [0.25, 0.3) is 5.91 Å². The van der Waals surface area contributed by atoms with Gasteiger partial charge in [-0.3, -0.25) is 4.79 Å². The Morgan fingerprint density at radius 3 is 2.29 bits per heavy atom. The summed E-state index contributed by atoms with van der Waals surface area (Å²) in [6.45, 7) is 0. The number of halogens is 5. The van der Waals surface area contributed by atoms with Crippen LogP contribution in [0.4, 0.5) is 22.0 Å². The second-order valence-corrected chi connectivity index (χ2v) is 10.1.